The lowest BCUT2D eigenvalue weighted by Gasteiger charge is -2.24. The van der Waals surface area contributed by atoms with Gasteiger partial charge in [0.25, 0.3) is 10.0 Å². The molecule has 0 unspecified atom stereocenters. The summed E-state index contributed by atoms with van der Waals surface area (Å²) in [6, 6.07) is 16.0. The number of nitrogens with zero attached hydrogens (tertiary/aromatic N) is 1. The molecule has 1 N–H and O–H groups in total. The molecule has 0 radical (unpaired) electrons. The molecule has 0 bridgehead atoms. The topological polar surface area (TPSA) is 75.7 Å². The number of carbonyl (C=O) groups excluding carboxylic acids is 1. The van der Waals surface area contributed by atoms with E-state index in [1.807, 2.05) is 0 Å². The Bertz CT molecular complexity index is 1250. The zero-order chi connectivity index (χ0) is 24.9. The number of nitrogens with one attached hydrogen (secondary N) is 1. The maximum Gasteiger partial charge on any atom is 0.416 e. The van der Waals surface area contributed by atoms with Gasteiger partial charge in [0.1, 0.15) is 12.3 Å². The Hall–Kier alpha value is -3.24. The van der Waals surface area contributed by atoms with Crippen molar-refractivity contribution in [3.63, 3.8) is 0 Å². The third-order valence-electron chi connectivity index (χ3n) is 4.62. The summed E-state index contributed by atoms with van der Waals surface area (Å²) >= 11 is 5.95. The van der Waals surface area contributed by atoms with Crippen molar-refractivity contribution in [3.05, 3.63) is 83.4 Å². The van der Waals surface area contributed by atoms with Gasteiger partial charge in [0.05, 0.1) is 33.5 Å². The molecule has 11 heteroatoms. The summed E-state index contributed by atoms with van der Waals surface area (Å²) in [7, 11) is -4.19. The molecule has 180 valence electrons. The van der Waals surface area contributed by atoms with E-state index in [4.69, 9.17) is 16.3 Å². The normalized spacial score (nSPS) is 11.7. The minimum absolute atomic E-state index is 0.0613. The predicted octanol–water partition coefficient (Wildman–Crippen LogP) is 5.59. The first-order valence-corrected chi connectivity index (χ1v) is 11.8. The third kappa shape index (κ3) is 6.00. The van der Waals surface area contributed by atoms with E-state index >= 15 is 0 Å². The highest BCUT2D eigenvalue weighted by Gasteiger charge is 2.32. The van der Waals surface area contributed by atoms with Crippen molar-refractivity contribution in [2.75, 3.05) is 22.8 Å². The summed E-state index contributed by atoms with van der Waals surface area (Å²) < 4.78 is 72.0. The first-order valence-electron chi connectivity index (χ1n) is 9.99. The van der Waals surface area contributed by atoms with Gasteiger partial charge in [-0.1, -0.05) is 29.8 Å². The zero-order valence-electron chi connectivity index (χ0n) is 17.8. The van der Waals surface area contributed by atoms with E-state index < -0.39 is 34.2 Å². The van der Waals surface area contributed by atoms with Gasteiger partial charge in [-0.15, -0.1) is 0 Å². The fraction of sp³-hybridized carbons (Fsp3) is 0.174. The van der Waals surface area contributed by atoms with Crippen LogP contribution in [0.25, 0.3) is 0 Å². The van der Waals surface area contributed by atoms with Crippen molar-refractivity contribution in [1.82, 2.24) is 0 Å². The van der Waals surface area contributed by atoms with Gasteiger partial charge in [-0.2, -0.15) is 13.2 Å². The van der Waals surface area contributed by atoms with Crippen LogP contribution >= 0.6 is 11.6 Å². The minimum Gasteiger partial charge on any atom is -0.494 e. The van der Waals surface area contributed by atoms with Crippen molar-refractivity contribution >= 4 is 38.9 Å². The second-order valence-corrected chi connectivity index (χ2v) is 9.26. The van der Waals surface area contributed by atoms with Gasteiger partial charge in [-0.25, -0.2) is 8.42 Å². The van der Waals surface area contributed by atoms with Crippen molar-refractivity contribution in [1.29, 1.82) is 0 Å². The van der Waals surface area contributed by atoms with Crippen molar-refractivity contribution < 1.29 is 31.1 Å². The molecule has 0 aliphatic heterocycles. The highest BCUT2D eigenvalue weighted by Crippen LogP contribution is 2.34. The lowest BCUT2D eigenvalue weighted by Crippen LogP contribution is -2.38. The molecule has 0 aromatic heterocycles. The average Bonchev–Trinajstić information content (AvgIpc) is 2.79. The number of rotatable bonds is 8. The molecule has 0 aliphatic rings. The van der Waals surface area contributed by atoms with E-state index in [0.717, 1.165) is 16.4 Å². The molecule has 0 saturated carbocycles. The maximum atomic E-state index is 13.3. The van der Waals surface area contributed by atoms with Gasteiger partial charge in [0, 0.05) is 0 Å². The average molecular weight is 513 g/mol. The molecule has 0 aliphatic carbocycles. The van der Waals surface area contributed by atoms with E-state index in [9.17, 15) is 26.4 Å². The van der Waals surface area contributed by atoms with Crippen LogP contribution in [-0.4, -0.2) is 27.5 Å². The van der Waals surface area contributed by atoms with Crippen molar-refractivity contribution in [2.45, 2.75) is 18.0 Å². The van der Waals surface area contributed by atoms with Crippen LogP contribution < -0.4 is 14.4 Å². The Balaban J connectivity index is 1.94. The molecule has 3 aromatic rings. The van der Waals surface area contributed by atoms with E-state index in [1.54, 1.807) is 25.1 Å². The largest absolute Gasteiger partial charge is 0.494 e. The predicted molar refractivity (Wildman–Crippen MR) is 124 cm³/mol. The monoisotopic (exact) mass is 512 g/mol. The summed E-state index contributed by atoms with van der Waals surface area (Å²) in [6.45, 7) is 1.49. The van der Waals surface area contributed by atoms with E-state index in [0.29, 0.717) is 18.4 Å². The van der Waals surface area contributed by atoms with Crippen LogP contribution in [0.15, 0.2) is 77.7 Å². The number of hydrogen-bond donors (Lipinski definition) is 1. The van der Waals surface area contributed by atoms with Gasteiger partial charge >= 0.3 is 6.18 Å². The SMILES string of the molecule is CCOc1ccc(N(CC(=O)Nc2cc(C(F)(F)F)ccc2Cl)S(=O)(=O)c2ccccc2)cc1. The first-order chi connectivity index (χ1) is 16.0. The van der Waals surface area contributed by atoms with Crippen LogP contribution in [0.4, 0.5) is 24.5 Å². The number of benzene rings is 3. The molecule has 0 heterocycles. The minimum atomic E-state index is -4.64. The number of alkyl halides is 3. The second-order valence-electron chi connectivity index (χ2n) is 6.99. The molecular formula is C23H20ClF3N2O4S. The van der Waals surface area contributed by atoms with Crippen LogP contribution in [-0.2, 0) is 21.0 Å². The number of hydrogen-bond acceptors (Lipinski definition) is 4. The van der Waals surface area contributed by atoms with Crippen molar-refractivity contribution in [2.24, 2.45) is 0 Å². The quantitative estimate of drug-likeness (QED) is 0.427. The Morgan fingerprint density at radius 3 is 2.26 bits per heavy atom. The molecule has 3 rings (SSSR count). The second kappa shape index (κ2) is 10.4. The highest BCUT2D eigenvalue weighted by molar-refractivity contribution is 7.92. The fourth-order valence-electron chi connectivity index (χ4n) is 3.03. The summed E-state index contributed by atoms with van der Waals surface area (Å²) in [6.07, 6.45) is -4.64. The van der Waals surface area contributed by atoms with E-state index in [2.05, 4.69) is 5.32 Å². The smallest absolute Gasteiger partial charge is 0.416 e. The number of anilines is 2. The number of halogens is 4. The summed E-state index contributed by atoms with van der Waals surface area (Å²) in [5.41, 5.74) is -1.13. The number of amides is 1. The van der Waals surface area contributed by atoms with Gasteiger partial charge in [-0.3, -0.25) is 9.10 Å². The molecule has 0 fully saturated rings. The highest BCUT2D eigenvalue weighted by atomic mass is 35.5. The molecule has 6 nitrogen and oxygen atoms in total. The molecule has 0 spiro atoms. The van der Waals surface area contributed by atoms with Gasteiger partial charge < -0.3 is 10.1 Å². The molecule has 3 aromatic carbocycles. The number of sulfonamides is 1. The van der Waals surface area contributed by atoms with Crippen LogP contribution in [0, 0.1) is 0 Å². The van der Waals surface area contributed by atoms with E-state index in [1.165, 1.54) is 36.4 Å². The summed E-state index contributed by atoms with van der Waals surface area (Å²) in [5.74, 6) is -0.377. The first kappa shape index (κ1) is 25.4. The van der Waals surface area contributed by atoms with Gasteiger partial charge in [-0.05, 0) is 61.5 Å². The Labute approximate surface area is 200 Å². The van der Waals surface area contributed by atoms with Crippen LogP contribution in [0.5, 0.6) is 5.75 Å². The zero-order valence-corrected chi connectivity index (χ0v) is 19.4. The fourth-order valence-corrected chi connectivity index (χ4v) is 4.63. The van der Waals surface area contributed by atoms with Gasteiger partial charge in [0.2, 0.25) is 5.91 Å². The Kier molecular flexibility index (Phi) is 7.73. The molecule has 0 atom stereocenters. The summed E-state index contributed by atoms with van der Waals surface area (Å²) in [5, 5.41) is 2.15. The lowest BCUT2D eigenvalue weighted by atomic mass is 10.2. The third-order valence-corrected chi connectivity index (χ3v) is 6.74. The Morgan fingerprint density at radius 2 is 1.68 bits per heavy atom. The Morgan fingerprint density at radius 1 is 1.03 bits per heavy atom. The standard InChI is InChI=1S/C23H20ClF3N2O4S/c1-2-33-18-11-9-17(10-12-18)29(34(31,32)19-6-4-3-5-7-19)15-22(30)28-21-14-16(23(25,26)27)8-13-20(21)24/h3-14H,2,15H2,1H3,(H,28,30). The van der Waals surface area contributed by atoms with E-state index in [-0.39, 0.29) is 21.3 Å². The lowest BCUT2D eigenvalue weighted by molar-refractivity contribution is -0.137. The molecule has 0 saturated heterocycles. The maximum absolute atomic E-state index is 13.3. The molecule has 1 amide bonds. The van der Waals surface area contributed by atoms with Crippen LogP contribution in [0.1, 0.15) is 12.5 Å². The number of carbonyl (C=O) groups is 1. The van der Waals surface area contributed by atoms with Crippen LogP contribution in [0.3, 0.4) is 0 Å². The van der Waals surface area contributed by atoms with Crippen molar-refractivity contribution in [3.8, 4) is 5.75 Å². The summed E-state index contributed by atoms with van der Waals surface area (Å²) in [4.78, 5) is 12.7. The molecule has 34 heavy (non-hydrogen) atoms. The number of ether oxygens (including phenoxy) is 1. The molecular weight excluding hydrogens is 493 g/mol. The van der Waals surface area contributed by atoms with Gasteiger partial charge in [0.15, 0.2) is 0 Å². The van der Waals surface area contributed by atoms with Crippen LogP contribution in [0.2, 0.25) is 5.02 Å².